The van der Waals surface area contributed by atoms with Crippen molar-refractivity contribution in [3.05, 3.63) is 0 Å². The Morgan fingerprint density at radius 2 is 2.05 bits per heavy atom. The maximum Gasteiger partial charge on any atom is 0.303 e. The minimum atomic E-state index is -0.742. The third-order valence-electron chi connectivity index (χ3n) is 4.25. The van der Waals surface area contributed by atoms with E-state index >= 15 is 0 Å². The highest BCUT2D eigenvalue weighted by Gasteiger charge is 2.26. The van der Waals surface area contributed by atoms with Gasteiger partial charge in [0.05, 0.1) is 5.92 Å². The molecule has 1 fully saturated rings. The Balaban J connectivity index is 2.25. The smallest absolute Gasteiger partial charge is 0.303 e. The molecule has 0 aromatic heterocycles. The molecule has 116 valence electrons. The van der Waals surface area contributed by atoms with E-state index in [9.17, 15) is 9.59 Å². The molecule has 2 N–H and O–H groups in total. The Hall–Kier alpha value is -1.10. The van der Waals surface area contributed by atoms with E-state index in [1.54, 1.807) is 0 Å². The van der Waals surface area contributed by atoms with E-state index in [4.69, 9.17) is 5.11 Å². The number of carboxylic acid groups (broad SMARTS) is 1. The van der Waals surface area contributed by atoms with Crippen LogP contribution in [0.5, 0.6) is 0 Å². The number of rotatable bonds is 8. The minimum Gasteiger partial charge on any atom is -0.481 e. The summed E-state index contributed by atoms with van der Waals surface area (Å²) in [6.07, 6.45) is 2.70. The Labute approximate surface area is 121 Å². The predicted octanol–water partition coefficient (Wildman–Crippen LogP) is 1.58. The molecule has 2 unspecified atom stereocenters. The van der Waals surface area contributed by atoms with Crippen molar-refractivity contribution in [2.24, 2.45) is 17.8 Å². The third kappa shape index (κ3) is 5.90. The molecular weight excluding hydrogens is 256 g/mol. The number of aliphatic carboxylic acids is 1. The lowest BCUT2D eigenvalue weighted by Gasteiger charge is -2.20. The zero-order chi connectivity index (χ0) is 15.1. The summed E-state index contributed by atoms with van der Waals surface area (Å²) in [5, 5.41) is 11.8. The SMILES string of the molecule is CC(C)C(CCNC(=O)C1CCN(C)C1)CCC(=O)O. The van der Waals surface area contributed by atoms with Gasteiger partial charge in [-0.05, 0) is 44.7 Å². The van der Waals surface area contributed by atoms with Crippen LogP contribution in [0, 0.1) is 17.8 Å². The summed E-state index contributed by atoms with van der Waals surface area (Å²) in [6.45, 7) is 6.71. The molecule has 5 heteroatoms. The molecule has 1 saturated heterocycles. The third-order valence-corrected chi connectivity index (χ3v) is 4.25. The first-order valence-electron chi connectivity index (χ1n) is 7.58. The van der Waals surface area contributed by atoms with Gasteiger partial charge >= 0.3 is 5.97 Å². The number of carbonyl (C=O) groups is 2. The molecule has 0 aliphatic carbocycles. The van der Waals surface area contributed by atoms with Crippen molar-refractivity contribution in [2.75, 3.05) is 26.7 Å². The quantitative estimate of drug-likeness (QED) is 0.710. The number of hydrogen-bond donors (Lipinski definition) is 2. The van der Waals surface area contributed by atoms with Crippen molar-refractivity contribution in [2.45, 2.75) is 39.5 Å². The van der Waals surface area contributed by atoms with E-state index in [0.717, 1.165) is 25.9 Å². The van der Waals surface area contributed by atoms with Gasteiger partial charge in [-0.25, -0.2) is 0 Å². The molecule has 1 aliphatic rings. The number of nitrogens with zero attached hydrogens (tertiary/aromatic N) is 1. The zero-order valence-electron chi connectivity index (χ0n) is 12.9. The fourth-order valence-corrected chi connectivity index (χ4v) is 2.79. The van der Waals surface area contributed by atoms with Crippen LogP contribution >= 0.6 is 0 Å². The van der Waals surface area contributed by atoms with Crippen LogP contribution in [0.1, 0.15) is 39.5 Å². The number of nitrogens with one attached hydrogen (secondary N) is 1. The van der Waals surface area contributed by atoms with Gasteiger partial charge in [0.1, 0.15) is 0 Å². The molecule has 0 spiro atoms. The van der Waals surface area contributed by atoms with Gasteiger partial charge < -0.3 is 15.3 Å². The first-order chi connectivity index (χ1) is 9.40. The molecule has 1 rings (SSSR count). The molecule has 1 heterocycles. The van der Waals surface area contributed by atoms with Gasteiger partial charge in [0, 0.05) is 19.5 Å². The van der Waals surface area contributed by atoms with Crippen LogP contribution in [-0.2, 0) is 9.59 Å². The second-order valence-corrected chi connectivity index (χ2v) is 6.26. The van der Waals surface area contributed by atoms with Crippen LogP contribution in [0.4, 0.5) is 0 Å². The molecule has 0 saturated carbocycles. The maximum atomic E-state index is 12.0. The number of carboxylic acids is 1. The number of hydrogen-bond acceptors (Lipinski definition) is 3. The topological polar surface area (TPSA) is 69.6 Å². The van der Waals surface area contributed by atoms with Gasteiger partial charge in [-0.15, -0.1) is 0 Å². The fourth-order valence-electron chi connectivity index (χ4n) is 2.79. The fraction of sp³-hybridized carbons (Fsp3) is 0.867. The molecular formula is C15H28N2O3. The monoisotopic (exact) mass is 284 g/mol. The normalized spacial score (nSPS) is 21.1. The van der Waals surface area contributed by atoms with Crippen molar-refractivity contribution < 1.29 is 14.7 Å². The lowest BCUT2D eigenvalue weighted by Crippen LogP contribution is -2.34. The predicted molar refractivity (Wildman–Crippen MR) is 78.4 cm³/mol. The summed E-state index contributed by atoms with van der Waals surface area (Å²) in [5.74, 6) is 0.335. The van der Waals surface area contributed by atoms with Crippen LogP contribution in [0.2, 0.25) is 0 Å². The van der Waals surface area contributed by atoms with Crippen molar-refractivity contribution in [1.29, 1.82) is 0 Å². The molecule has 0 aromatic rings. The van der Waals surface area contributed by atoms with Crippen LogP contribution < -0.4 is 5.32 Å². The molecule has 2 atom stereocenters. The Morgan fingerprint density at radius 3 is 2.55 bits per heavy atom. The van der Waals surface area contributed by atoms with Gasteiger partial charge in [0.25, 0.3) is 0 Å². The van der Waals surface area contributed by atoms with Gasteiger partial charge in [-0.3, -0.25) is 9.59 Å². The van der Waals surface area contributed by atoms with Crippen LogP contribution in [0.3, 0.4) is 0 Å². The molecule has 5 nitrogen and oxygen atoms in total. The van der Waals surface area contributed by atoms with Crippen molar-refractivity contribution >= 4 is 11.9 Å². The second kappa shape index (κ2) is 8.25. The minimum absolute atomic E-state index is 0.122. The van der Waals surface area contributed by atoms with Gasteiger partial charge in [-0.1, -0.05) is 13.8 Å². The van der Waals surface area contributed by atoms with Crippen LogP contribution in [0.15, 0.2) is 0 Å². The highest BCUT2D eigenvalue weighted by molar-refractivity contribution is 5.79. The van der Waals surface area contributed by atoms with E-state index in [2.05, 4.69) is 24.1 Å². The Bertz CT molecular complexity index is 331. The average molecular weight is 284 g/mol. The molecule has 1 aliphatic heterocycles. The van der Waals surface area contributed by atoms with Crippen LogP contribution in [-0.4, -0.2) is 48.6 Å². The molecule has 0 radical (unpaired) electrons. The van der Waals surface area contributed by atoms with E-state index in [0.29, 0.717) is 24.8 Å². The van der Waals surface area contributed by atoms with Crippen LogP contribution in [0.25, 0.3) is 0 Å². The summed E-state index contributed by atoms with van der Waals surface area (Å²) in [5.41, 5.74) is 0. The molecule has 0 bridgehead atoms. The summed E-state index contributed by atoms with van der Waals surface area (Å²) < 4.78 is 0. The van der Waals surface area contributed by atoms with Gasteiger partial charge in [0.2, 0.25) is 5.91 Å². The van der Waals surface area contributed by atoms with Crippen molar-refractivity contribution in [1.82, 2.24) is 10.2 Å². The molecule has 0 aromatic carbocycles. The standard InChI is InChI=1S/C15H28N2O3/c1-11(2)12(4-5-14(18)19)6-8-16-15(20)13-7-9-17(3)10-13/h11-13H,4-10H2,1-3H3,(H,16,20)(H,18,19). The number of carbonyl (C=O) groups excluding carboxylic acids is 1. The molecule has 1 amide bonds. The first-order valence-corrected chi connectivity index (χ1v) is 7.58. The summed E-state index contributed by atoms with van der Waals surface area (Å²) in [7, 11) is 2.04. The first kappa shape index (κ1) is 17.0. The van der Waals surface area contributed by atoms with Crippen molar-refractivity contribution in [3.63, 3.8) is 0 Å². The van der Waals surface area contributed by atoms with Crippen molar-refractivity contribution in [3.8, 4) is 0 Å². The van der Waals surface area contributed by atoms with Gasteiger partial charge in [-0.2, -0.15) is 0 Å². The van der Waals surface area contributed by atoms with E-state index in [-0.39, 0.29) is 18.2 Å². The summed E-state index contributed by atoms with van der Waals surface area (Å²) in [6, 6.07) is 0. The van der Waals surface area contributed by atoms with E-state index in [1.165, 1.54) is 0 Å². The number of amides is 1. The average Bonchev–Trinajstić information content (AvgIpc) is 2.79. The highest BCUT2D eigenvalue weighted by atomic mass is 16.4. The highest BCUT2D eigenvalue weighted by Crippen LogP contribution is 2.21. The second-order valence-electron chi connectivity index (χ2n) is 6.26. The summed E-state index contributed by atoms with van der Waals surface area (Å²) >= 11 is 0. The zero-order valence-corrected chi connectivity index (χ0v) is 12.9. The van der Waals surface area contributed by atoms with E-state index < -0.39 is 5.97 Å². The Kier molecular flexibility index (Phi) is 6.99. The maximum absolute atomic E-state index is 12.0. The Morgan fingerprint density at radius 1 is 1.35 bits per heavy atom. The largest absolute Gasteiger partial charge is 0.481 e. The van der Waals surface area contributed by atoms with E-state index in [1.807, 2.05) is 7.05 Å². The van der Waals surface area contributed by atoms with Gasteiger partial charge in [0.15, 0.2) is 0 Å². The molecule has 20 heavy (non-hydrogen) atoms. The number of likely N-dealkylation sites (tertiary alicyclic amines) is 1. The summed E-state index contributed by atoms with van der Waals surface area (Å²) in [4.78, 5) is 24.8. The lowest BCUT2D eigenvalue weighted by molar-refractivity contribution is -0.137. The lowest BCUT2D eigenvalue weighted by atomic mass is 9.88.